The highest BCUT2D eigenvalue weighted by molar-refractivity contribution is 7.52. The molecule has 6 N–H and O–H groups in total. The van der Waals surface area contributed by atoms with E-state index in [-0.39, 0.29) is 30.8 Å². The zero-order chi connectivity index (χ0) is 34.0. The number of aliphatic hydroxyl groups is 2. The minimum Gasteiger partial charge on any atom is -0.493 e. The van der Waals surface area contributed by atoms with Gasteiger partial charge in [0.05, 0.1) is 26.2 Å². The number of primary amides is 1. The Morgan fingerprint density at radius 2 is 1.67 bits per heavy atom. The molecule has 6 atom stereocenters. The van der Waals surface area contributed by atoms with Crippen LogP contribution in [0.3, 0.4) is 0 Å². The van der Waals surface area contributed by atoms with Crippen molar-refractivity contribution in [3.8, 4) is 11.6 Å². The fourth-order valence-corrected chi connectivity index (χ4v) is 5.70. The number of aromatic hydroxyl groups is 1. The smallest absolute Gasteiger partial charge is 0.459 e. The largest absolute Gasteiger partial charge is 0.493 e. The van der Waals surface area contributed by atoms with E-state index in [9.17, 15) is 34.3 Å². The summed E-state index contributed by atoms with van der Waals surface area (Å²) in [5.41, 5.74) is 4.70. The second kappa shape index (κ2) is 16.9. The number of aromatic nitrogens is 2. The van der Waals surface area contributed by atoms with E-state index in [4.69, 9.17) is 29.0 Å². The van der Waals surface area contributed by atoms with Crippen LogP contribution in [0.2, 0.25) is 0 Å². The summed E-state index contributed by atoms with van der Waals surface area (Å²) >= 11 is 0. The van der Waals surface area contributed by atoms with Gasteiger partial charge in [-0.25, -0.2) is 9.55 Å². The van der Waals surface area contributed by atoms with Gasteiger partial charge in [-0.2, -0.15) is 5.09 Å². The zero-order valence-electron chi connectivity index (χ0n) is 26.2. The third kappa shape index (κ3) is 10.5. The van der Waals surface area contributed by atoms with Gasteiger partial charge in [-0.1, -0.05) is 45.9 Å². The molecule has 0 spiro atoms. The van der Waals surface area contributed by atoms with Crippen LogP contribution in [0.25, 0.3) is 0 Å². The van der Waals surface area contributed by atoms with Crippen molar-refractivity contribution in [3.05, 3.63) is 42.4 Å². The van der Waals surface area contributed by atoms with Gasteiger partial charge in [-0.05, 0) is 36.8 Å². The number of ether oxygens (including phenoxy) is 3. The molecule has 0 radical (unpaired) electrons. The Morgan fingerprint density at radius 1 is 1.04 bits per heavy atom. The second-order valence-electron chi connectivity index (χ2n) is 11.6. The van der Waals surface area contributed by atoms with Gasteiger partial charge in [-0.15, -0.1) is 0 Å². The van der Waals surface area contributed by atoms with Crippen LogP contribution in [0.1, 0.15) is 63.7 Å². The first-order valence-corrected chi connectivity index (χ1v) is 16.4. The molecule has 46 heavy (non-hydrogen) atoms. The first-order valence-electron chi connectivity index (χ1n) is 14.9. The van der Waals surface area contributed by atoms with Crippen molar-refractivity contribution < 1.29 is 57.5 Å². The highest BCUT2D eigenvalue weighted by Crippen LogP contribution is 2.46. The fraction of sp³-hybridized carbons (Fsp3) is 0.586. The standard InChI is InChI=1S/C29H43N4O12P/c1-17(2)10-12-41-22(34)14-20(29(39)42-13-11-18(3)4)32-46(40,45-19-8-6-5-7-9-19)43-15-21-24(35)25(36)28(44-21)33-16-31-23(26(30)37)27(33)38/h5-9,16-18,20-21,24-25,28,35-36,38H,10-15H2,1-4H3,(H2,30,37)(H,32,40)/t20-,21+,24?,25+,28+,46?/m0/s1. The lowest BCUT2D eigenvalue weighted by Gasteiger charge is -2.26. The number of amides is 1. The highest BCUT2D eigenvalue weighted by atomic mass is 31.2. The Bertz CT molecular complexity index is 1350. The average molecular weight is 671 g/mol. The van der Waals surface area contributed by atoms with Crippen molar-refractivity contribution >= 4 is 25.6 Å². The maximum absolute atomic E-state index is 14.2. The van der Waals surface area contributed by atoms with E-state index in [1.54, 1.807) is 18.2 Å². The third-order valence-electron chi connectivity index (χ3n) is 6.86. The summed E-state index contributed by atoms with van der Waals surface area (Å²) in [6, 6.07) is 6.33. The molecular weight excluding hydrogens is 627 g/mol. The summed E-state index contributed by atoms with van der Waals surface area (Å²) in [6.45, 7) is 7.30. The Kier molecular flexibility index (Phi) is 13.5. The number of hydrogen-bond donors (Lipinski definition) is 5. The summed E-state index contributed by atoms with van der Waals surface area (Å²) in [5, 5.41) is 34.1. The van der Waals surface area contributed by atoms with Crippen molar-refractivity contribution in [1.29, 1.82) is 0 Å². The number of carbonyl (C=O) groups excluding carboxylic acids is 3. The molecule has 256 valence electrons. The molecule has 2 unspecified atom stereocenters. The van der Waals surface area contributed by atoms with Crippen LogP contribution in [-0.2, 0) is 32.9 Å². The molecule has 0 saturated carbocycles. The lowest BCUT2D eigenvalue weighted by atomic mass is 10.1. The molecule has 3 rings (SSSR count). The first kappa shape index (κ1) is 36.9. The maximum Gasteiger partial charge on any atom is 0.459 e. The van der Waals surface area contributed by atoms with E-state index in [0.717, 1.165) is 10.9 Å². The molecule has 17 heteroatoms. The van der Waals surface area contributed by atoms with Gasteiger partial charge < -0.3 is 39.8 Å². The minimum atomic E-state index is -4.57. The molecule has 1 saturated heterocycles. The number of para-hydroxylation sites is 1. The second-order valence-corrected chi connectivity index (χ2v) is 13.3. The summed E-state index contributed by atoms with van der Waals surface area (Å²) < 4.78 is 42.6. The van der Waals surface area contributed by atoms with Crippen LogP contribution in [-0.4, -0.2) is 86.9 Å². The Labute approximate surface area is 266 Å². The Morgan fingerprint density at radius 3 is 2.26 bits per heavy atom. The number of imidazole rings is 1. The van der Waals surface area contributed by atoms with Gasteiger partial charge in [0.15, 0.2) is 11.9 Å². The molecule has 16 nitrogen and oxygen atoms in total. The molecule has 0 aliphatic carbocycles. The summed E-state index contributed by atoms with van der Waals surface area (Å²) in [4.78, 5) is 41.0. The van der Waals surface area contributed by atoms with E-state index in [0.29, 0.717) is 12.8 Å². The van der Waals surface area contributed by atoms with Crippen molar-refractivity contribution in [3.63, 3.8) is 0 Å². The maximum atomic E-state index is 14.2. The van der Waals surface area contributed by atoms with Crippen molar-refractivity contribution in [2.24, 2.45) is 17.6 Å². The number of aliphatic hydroxyl groups excluding tert-OH is 2. The number of nitrogens with one attached hydrogen (secondary N) is 1. The van der Waals surface area contributed by atoms with E-state index >= 15 is 0 Å². The normalized spacial score (nSPS) is 21.6. The van der Waals surface area contributed by atoms with E-state index in [2.05, 4.69) is 10.1 Å². The number of nitrogens with two attached hydrogens (primary N) is 1. The Balaban J connectivity index is 1.81. The van der Waals surface area contributed by atoms with Gasteiger partial charge in [0.25, 0.3) is 5.91 Å². The van der Waals surface area contributed by atoms with Crippen LogP contribution in [0.15, 0.2) is 36.7 Å². The van der Waals surface area contributed by atoms with Gasteiger partial charge >= 0.3 is 19.7 Å². The molecule has 1 aromatic carbocycles. The first-order chi connectivity index (χ1) is 21.7. The lowest BCUT2D eigenvalue weighted by molar-refractivity contribution is -0.152. The van der Waals surface area contributed by atoms with Crippen molar-refractivity contribution in [1.82, 2.24) is 14.6 Å². The molecule has 0 bridgehead atoms. The summed E-state index contributed by atoms with van der Waals surface area (Å²) in [5.74, 6) is -2.81. The number of carbonyl (C=O) groups is 3. The van der Waals surface area contributed by atoms with Gasteiger partial charge in [0.2, 0.25) is 5.88 Å². The zero-order valence-corrected chi connectivity index (χ0v) is 27.1. The van der Waals surface area contributed by atoms with Crippen LogP contribution >= 0.6 is 7.75 Å². The molecule has 1 amide bonds. The van der Waals surface area contributed by atoms with Gasteiger partial charge in [0, 0.05) is 0 Å². The van der Waals surface area contributed by atoms with Crippen LogP contribution in [0, 0.1) is 11.8 Å². The van der Waals surface area contributed by atoms with Crippen molar-refractivity contribution in [2.45, 2.75) is 77.5 Å². The molecule has 2 heterocycles. The number of benzene rings is 1. The van der Waals surface area contributed by atoms with Crippen molar-refractivity contribution in [2.75, 3.05) is 19.8 Å². The summed E-state index contributed by atoms with van der Waals surface area (Å²) in [7, 11) is -4.57. The molecule has 1 aromatic heterocycles. The molecule has 1 aliphatic rings. The average Bonchev–Trinajstić information content (AvgIpc) is 3.50. The van der Waals surface area contributed by atoms with E-state index in [1.165, 1.54) is 12.1 Å². The third-order valence-corrected chi connectivity index (χ3v) is 8.43. The highest BCUT2D eigenvalue weighted by Gasteiger charge is 2.46. The Hall–Kier alpha value is -3.53. The number of nitrogens with zero attached hydrogens (tertiary/aromatic N) is 2. The van der Waals surface area contributed by atoms with Gasteiger partial charge in [0.1, 0.15) is 36.4 Å². The summed E-state index contributed by atoms with van der Waals surface area (Å²) in [6.07, 6.45) is -4.52. The molecular formula is C29H43N4O12P. The SMILES string of the molecule is CC(C)CCOC(=O)C[C@H](NP(=O)(OC[C@H]1O[C@@H](n2cnc(C(N)=O)c2O)[C@H](O)C1O)Oc1ccccc1)C(=O)OCCC(C)C. The molecule has 2 aromatic rings. The predicted octanol–water partition coefficient (Wildman–Crippen LogP) is 2.04. The minimum absolute atomic E-state index is 0.0434. The quantitative estimate of drug-likeness (QED) is 0.113. The van der Waals surface area contributed by atoms with E-state index in [1.807, 2.05) is 27.7 Å². The number of esters is 2. The predicted molar refractivity (Wildman–Crippen MR) is 161 cm³/mol. The van der Waals surface area contributed by atoms with Crippen LogP contribution in [0.5, 0.6) is 11.6 Å². The number of hydrogen-bond acceptors (Lipinski definition) is 13. The molecule has 1 fully saturated rings. The monoisotopic (exact) mass is 670 g/mol. The number of rotatable bonds is 18. The topological polar surface area (TPSA) is 231 Å². The molecule has 1 aliphatic heterocycles. The van der Waals surface area contributed by atoms with Crippen LogP contribution < -0.4 is 15.3 Å². The fourth-order valence-electron chi connectivity index (χ4n) is 4.20. The van der Waals surface area contributed by atoms with Gasteiger partial charge in [-0.3, -0.25) is 23.5 Å². The lowest BCUT2D eigenvalue weighted by Crippen LogP contribution is -2.41. The van der Waals surface area contributed by atoms with Crippen LogP contribution in [0.4, 0.5) is 0 Å². The van der Waals surface area contributed by atoms with E-state index < -0.39 is 80.8 Å².